The Kier molecular flexibility index (Phi) is 6.46. The average molecular weight is 605 g/mol. The van der Waals surface area contributed by atoms with Gasteiger partial charge < -0.3 is 9.73 Å². The maximum atomic E-state index is 6.74. The first-order valence-electron chi connectivity index (χ1n) is 15.7. The molecule has 0 radical (unpaired) electrons. The number of nitrogens with zero attached hydrogens (tertiary/aromatic N) is 3. The molecule has 0 bridgehead atoms. The minimum Gasteiger partial charge on any atom is -0.455 e. The monoisotopic (exact) mass is 604 g/mol. The van der Waals surface area contributed by atoms with Crippen LogP contribution in [0.2, 0.25) is 0 Å². The van der Waals surface area contributed by atoms with Crippen molar-refractivity contribution in [2.45, 2.75) is 6.17 Å². The van der Waals surface area contributed by atoms with Gasteiger partial charge in [-0.25, -0.2) is 9.98 Å². The maximum Gasteiger partial charge on any atom is 0.159 e. The van der Waals surface area contributed by atoms with Gasteiger partial charge in [0.05, 0.1) is 11.1 Å². The molecule has 0 saturated carbocycles. The first-order valence-corrected chi connectivity index (χ1v) is 15.7. The molecule has 0 fully saturated rings. The highest BCUT2D eigenvalue weighted by Crippen LogP contribution is 2.42. The van der Waals surface area contributed by atoms with Gasteiger partial charge in [0.1, 0.15) is 23.2 Å². The van der Waals surface area contributed by atoms with E-state index in [1.807, 2.05) is 66.9 Å². The summed E-state index contributed by atoms with van der Waals surface area (Å²) in [4.78, 5) is 15.4. The Morgan fingerprint density at radius 1 is 0.574 bits per heavy atom. The molecule has 0 amide bonds. The Labute approximate surface area is 271 Å². The first-order chi connectivity index (χ1) is 23.3. The molecular formula is C42H28N4O. The van der Waals surface area contributed by atoms with Crippen LogP contribution in [0, 0.1) is 0 Å². The first kappa shape index (κ1) is 27.0. The van der Waals surface area contributed by atoms with Crippen molar-refractivity contribution >= 4 is 44.4 Å². The molecule has 1 aliphatic heterocycles. The molecule has 47 heavy (non-hydrogen) atoms. The topological polar surface area (TPSA) is 62.8 Å². The van der Waals surface area contributed by atoms with Gasteiger partial charge in [0.2, 0.25) is 0 Å². The number of fused-ring (bicyclic) bond motifs is 4. The maximum absolute atomic E-state index is 6.74. The number of aromatic nitrogens is 1. The van der Waals surface area contributed by atoms with Crippen LogP contribution in [0.25, 0.3) is 55.1 Å². The number of aliphatic imine (C=N–C) groups is 2. The molecule has 1 unspecified atom stereocenters. The number of amidine groups is 2. The van der Waals surface area contributed by atoms with Crippen molar-refractivity contribution in [3.05, 3.63) is 175 Å². The lowest BCUT2D eigenvalue weighted by Crippen LogP contribution is -2.34. The Balaban J connectivity index is 1.28. The molecule has 1 N–H and O–H groups in total. The van der Waals surface area contributed by atoms with E-state index < -0.39 is 0 Å². The molecule has 5 heteroatoms. The molecule has 0 aliphatic carbocycles. The number of furan rings is 1. The summed E-state index contributed by atoms with van der Waals surface area (Å²) in [6.45, 7) is 0. The SMILES string of the molecule is c1ccc(C2=NC(c3ccccc3)NC(c3ccccc3-c3ncc(-c4ccccc4)c4oc5cc6ccccc6cc5c34)=N2)cc1. The van der Waals surface area contributed by atoms with Gasteiger partial charge in [0.15, 0.2) is 5.84 Å². The van der Waals surface area contributed by atoms with Crippen molar-refractivity contribution < 1.29 is 4.42 Å². The van der Waals surface area contributed by atoms with E-state index in [-0.39, 0.29) is 6.17 Å². The van der Waals surface area contributed by atoms with Crippen LogP contribution in [0.5, 0.6) is 0 Å². The Morgan fingerprint density at radius 2 is 1.19 bits per heavy atom. The third-order valence-corrected chi connectivity index (χ3v) is 8.77. The summed E-state index contributed by atoms with van der Waals surface area (Å²) in [5, 5.41) is 7.94. The predicted molar refractivity (Wildman–Crippen MR) is 192 cm³/mol. The van der Waals surface area contributed by atoms with Crippen molar-refractivity contribution in [3.8, 4) is 22.4 Å². The minimum atomic E-state index is -0.304. The highest BCUT2D eigenvalue weighted by molar-refractivity contribution is 6.20. The van der Waals surface area contributed by atoms with Gasteiger partial charge in [-0.05, 0) is 34.0 Å². The Morgan fingerprint density at radius 3 is 1.94 bits per heavy atom. The van der Waals surface area contributed by atoms with Gasteiger partial charge >= 0.3 is 0 Å². The van der Waals surface area contributed by atoms with Crippen molar-refractivity contribution in [1.82, 2.24) is 10.3 Å². The molecule has 3 heterocycles. The van der Waals surface area contributed by atoms with E-state index in [0.717, 1.165) is 77.6 Å². The van der Waals surface area contributed by atoms with E-state index in [2.05, 4.69) is 96.3 Å². The molecule has 5 nitrogen and oxygen atoms in total. The Hall–Kier alpha value is -6.33. The standard InChI is InChI=1S/C42H28N4O/c1-4-14-27(15-5-1)35-26-43-38(37-34-24-30-20-10-11-21-31(30)25-36(34)47-39(35)37)32-22-12-13-23-33(32)42-45-40(28-16-6-2-7-17-28)44-41(46-42)29-18-8-3-9-19-29/h1-26,40H,(H,44,45,46). The fourth-order valence-corrected chi connectivity index (χ4v) is 6.49. The van der Waals surface area contributed by atoms with Crippen LogP contribution < -0.4 is 5.32 Å². The summed E-state index contributed by atoms with van der Waals surface area (Å²) in [5.74, 6) is 1.42. The quantitative estimate of drug-likeness (QED) is 0.213. The van der Waals surface area contributed by atoms with Crippen molar-refractivity contribution in [2.75, 3.05) is 0 Å². The van der Waals surface area contributed by atoms with Gasteiger partial charge in [-0.3, -0.25) is 4.98 Å². The summed E-state index contributed by atoms with van der Waals surface area (Å²) < 4.78 is 6.74. The number of benzene rings is 6. The third kappa shape index (κ3) is 4.77. The molecule has 9 rings (SSSR count). The second-order valence-corrected chi connectivity index (χ2v) is 11.7. The molecule has 2 aromatic heterocycles. The lowest BCUT2D eigenvalue weighted by atomic mass is 9.96. The molecule has 1 atom stereocenters. The van der Waals surface area contributed by atoms with Crippen LogP contribution in [-0.4, -0.2) is 16.7 Å². The second-order valence-electron chi connectivity index (χ2n) is 11.7. The van der Waals surface area contributed by atoms with Crippen molar-refractivity contribution in [3.63, 3.8) is 0 Å². The van der Waals surface area contributed by atoms with Crippen molar-refractivity contribution in [1.29, 1.82) is 0 Å². The summed E-state index contributed by atoms with van der Waals surface area (Å²) in [7, 11) is 0. The lowest BCUT2D eigenvalue weighted by molar-refractivity contribution is 0.670. The van der Waals surface area contributed by atoms with Crippen LogP contribution in [0.1, 0.15) is 22.9 Å². The number of hydrogen-bond acceptors (Lipinski definition) is 5. The number of nitrogens with one attached hydrogen (secondary N) is 1. The summed E-state index contributed by atoms with van der Waals surface area (Å²) in [6, 6.07) is 51.8. The van der Waals surface area contributed by atoms with Gasteiger partial charge in [0.25, 0.3) is 0 Å². The zero-order valence-corrected chi connectivity index (χ0v) is 25.3. The summed E-state index contributed by atoms with van der Waals surface area (Å²) in [5.41, 5.74) is 8.42. The van der Waals surface area contributed by atoms with Crippen molar-refractivity contribution in [2.24, 2.45) is 9.98 Å². The highest BCUT2D eigenvalue weighted by Gasteiger charge is 2.25. The Bertz CT molecular complexity index is 2480. The largest absolute Gasteiger partial charge is 0.455 e. The molecule has 6 aromatic carbocycles. The van der Waals surface area contributed by atoms with Gasteiger partial charge in [-0.15, -0.1) is 0 Å². The normalized spacial score (nSPS) is 14.6. The minimum absolute atomic E-state index is 0.304. The van der Waals surface area contributed by atoms with Crippen LogP contribution in [0.3, 0.4) is 0 Å². The smallest absolute Gasteiger partial charge is 0.159 e. The predicted octanol–water partition coefficient (Wildman–Crippen LogP) is 9.96. The van der Waals surface area contributed by atoms with E-state index in [0.29, 0.717) is 5.84 Å². The van der Waals surface area contributed by atoms with E-state index in [1.165, 1.54) is 0 Å². The number of pyridine rings is 1. The summed E-state index contributed by atoms with van der Waals surface area (Å²) >= 11 is 0. The van der Waals surface area contributed by atoms with Gasteiger partial charge in [-0.2, -0.15) is 0 Å². The zero-order valence-electron chi connectivity index (χ0n) is 25.3. The van der Waals surface area contributed by atoms with E-state index in [4.69, 9.17) is 19.4 Å². The highest BCUT2D eigenvalue weighted by atomic mass is 16.3. The zero-order chi connectivity index (χ0) is 31.2. The molecule has 0 spiro atoms. The summed E-state index contributed by atoms with van der Waals surface area (Å²) in [6.07, 6.45) is 1.63. The van der Waals surface area contributed by atoms with Crippen LogP contribution >= 0.6 is 0 Å². The van der Waals surface area contributed by atoms with Gasteiger partial charge in [0, 0.05) is 33.8 Å². The number of hydrogen-bond donors (Lipinski definition) is 1. The van der Waals surface area contributed by atoms with Crippen LogP contribution in [-0.2, 0) is 0 Å². The fraction of sp³-hybridized carbons (Fsp3) is 0.0238. The molecule has 8 aromatic rings. The van der Waals surface area contributed by atoms with E-state index in [1.54, 1.807) is 0 Å². The number of rotatable bonds is 5. The molecular weight excluding hydrogens is 576 g/mol. The van der Waals surface area contributed by atoms with Crippen LogP contribution in [0.15, 0.2) is 172 Å². The lowest BCUT2D eigenvalue weighted by Gasteiger charge is -2.24. The van der Waals surface area contributed by atoms with Gasteiger partial charge in [-0.1, -0.05) is 140 Å². The van der Waals surface area contributed by atoms with E-state index in [9.17, 15) is 0 Å². The molecule has 1 aliphatic rings. The fourth-order valence-electron chi connectivity index (χ4n) is 6.49. The van der Waals surface area contributed by atoms with E-state index >= 15 is 0 Å². The van der Waals surface area contributed by atoms with Crippen LogP contribution in [0.4, 0.5) is 0 Å². The molecule has 0 saturated heterocycles. The molecule has 222 valence electrons. The third-order valence-electron chi connectivity index (χ3n) is 8.77. The average Bonchev–Trinajstić information content (AvgIpc) is 3.53. The second kappa shape index (κ2) is 11.2.